The van der Waals surface area contributed by atoms with Crippen LogP contribution in [0.25, 0.3) is 16.0 Å². The molecular formula is C25H16ClFN2O4S. The third-order valence-corrected chi connectivity index (χ3v) is 6.81. The number of hydrogen-bond acceptors (Lipinski definition) is 6. The number of carbonyl (C=O) groups is 2. The molecule has 1 fully saturated rings. The van der Waals surface area contributed by atoms with Crippen LogP contribution in [0.15, 0.2) is 72.3 Å². The second kappa shape index (κ2) is 8.55. The number of rotatable bonds is 4. The van der Waals surface area contributed by atoms with Crippen LogP contribution in [-0.2, 0) is 9.59 Å². The zero-order valence-electron chi connectivity index (χ0n) is 17.7. The molecule has 0 radical (unpaired) electrons. The van der Waals surface area contributed by atoms with Gasteiger partial charge in [0.05, 0.1) is 28.9 Å². The van der Waals surface area contributed by atoms with E-state index in [-0.39, 0.29) is 16.5 Å². The lowest BCUT2D eigenvalue weighted by Gasteiger charge is -2.23. The lowest BCUT2D eigenvalue weighted by Crippen LogP contribution is -2.29. The Hall–Kier alpha value is -3.75. The summed E-state index contributed by atoms with van der Waals surface area (Å²) in [5, 5.41) is 11.8. The standard InChI is InChI=1S/C25H16ClFN2O4S/c1-33-17-9-4-14(5-10-17)22(30)20-21(13-2-6-15(26)7-3-13)29(24(32)23(20)31)25-28-18-11-8-16(27)12-19(18)34-25/h2-12,21,30H,1H3/b22-20+/t21-/m0/s1. The van der Waals surface area contributed by atoms with Crippen molar-refractivity contribution in [2.24, 2.45) is 0 Å². The summed E-state index contributed by atoms with van der Waals surface area (Å²) in [6.07, 6.45) is 0. The monoisotopic (exact) mass is 494 g/mol. The number of fused-ring (bicyclic) bond motifs is 1. The first-order chi connectivity index (χ1) is 16.4. The molecule has 9 heteroatoms. The lowest BCUT2D eigenvalue weighted by molar-refractivity contribution is -0.132. The van der Waals surface area contributed by atoms with Crippen LogP contribution in [0.5, 0.6) is 5.75 Å². The van der Waals surface area contributed by atoms with Crippen molar-refractivity contribution in [3.05, 3.63) is 94.3 Å². The molecule has 0 saturated carbocycles. The Morgan fingerprint density at radius 1 is 1.09 bits per heavy atom. The van der Waals surface area contributed by atoms with E-state index in [9.17, 15) is 19.1 Å². The van der Waals surface area contributed by atoms with Crippen LogP contribution in [0, 0.1) is 5.82 Å². The van der Waals surface area contributed by atoms with Crippen molar-refractivity contribution < 1.29 is 23.8 Å². The summed E-state index contributed by atoms with van der Waals surface area (Å²) in [4.78, 5) is 32.1. The summed E-state index contributed by atoms with van der Waals surface area (Å²) >= 11 is 7.14. The van der Waals surface area contributed by atoms with Gasteiger partial charge in [0.15, 0.2) is 5.13 Å². The highest BCUT2D eigenvalue weighted by molar-refractivity contribution is 7.22. The molecule has 3 aromatic carbocycles. The summed E-state index contributed by atoms with van der Waals surface area (Å²) in [7, 11) is 1.52. The smallest absolute Gasteiger partial charge is 0.301 e. The number of aliphatic hydroxyl groups excluding tert-OH is 1. The van der Waals surface area contributed by atoms with Crippen molar-refractivity contribution >= 4 is 55.7 Å². The van der Waals surface area contributed by atoms with Crippen molar-refractivity contribution in [1.29, 1.82) is 0 Å². The minimum Gasteiger partial charge on any atom is -0.507 e. The number of ketones is 1. The normalized spacial score (nSPS) is 17.5. The molecule has 1 N–H and O–H groups in total. The number of Topliss-reactive ketones (excluding diaryl/α,β-unsaturated/α-hetero) is 1. The lowest BCUT2D eigenvalue weighted by atomic mass is 9.95. The van der Waals surface area contributed by atoms with Gasteiger partial charge in [-0.15, -0.1) is 0 Å². The Labute approximate surface area is 202 Å². The highest BCUT2D eigenvalue weighted by atomic mass is 35.5. The fraction of sp³-hybridized carbons (Fsp3) is 0.0800. The highest BCUT2D eigenvalue weighted by Crippen LogP contribution is 2.44. The summed E-state index contributed by atoms with van der Waals surface area (Å²) in [5.74, 6) is -1.87. The average Bonchev–Trinajstić information content (AvgIpc) is 3.37. The molecule has 2 heterocycles. The largest absolute Gasteiger partial charge is 0.507 e. The Bertz CT molecular complexity index is 1460. The highest BCUT2D eigenvalue weighted by Gasteiger charge is 2.48. The topological polar surface area (TPSA) is 79.7 Å². The van der Waals surface area contributed by atoms with Crippen LogP contribution >= 0.6 is 22.9 Å². The van der Waals surface area contributed by atoms with Crippen LogP contribution in [0.2, 0.25) is 5.02 Å². The van der Waals surface area contributed by atoms with Crippen LogP contribution < -0.4 is 9.64 Å². The second-order valence-electron chi connectivity index (χ2n) is 7.56. The number of benzene rings is 3. The molecule has 0 aliphatic carbocycles. The first kappa shape index (κ1) is 22.1. The summed E-state index contributed by atoms with van der Waals surface area (Å²) in [5.41, 5.74) is 1.32. The molecule has 1 amide bonds. The second-order valence-corrected chi connectivity index (χ2v) is 9.00. The Morgan fingerprint density at radius 2 is 1.79 bits per heavy atom. The van der Waals surface area contributed by atoms with E-state index in [4.69, 9.17) is 16.3 Å². The van der Waals surface area contributed by atoms with Gasteiger partial charge >= 0.3 is 5.91 Å². The molecule has 1 atom stereocenters. The number of hydrogen-bond donors (Lipinski definition) is 1. The summed E-state index contributed by atoms with van der Waals surface area (Å²) in [6.45, 7) is 0. The summed E-state index contributed by atoms with van der Waals surface area (Å²) < 4.78 is 19.4. The molecule has 0 spiro atoms. The van der Waals surface area contributed by atoms with Crippen LogP contribution in [-0.4, -0.2) is 28.9 Å². The number of ether oxygens (including phenoxy) is 1. The van der Waals surface area contributed by atoms with E-state index in [1.807, 2.05) is 0 Å². The SMILES string of the molecule is COc1ccc(/C(O)=C2\C(=O)C(=O)N(c3nc4ccc(F)cc4s3)[C@H]2c2ccc(Cl)cc2)cc1. The maximum Gasteiger partial charge on any atom is 0.301 e. The maximum atomic E-state index is 13.7. The number of amides is 1. The fourth-order valence-corrected chi connectivity index (χ4v) is 5.03. The van der Waals surface area contributed by atoms with Gasteiger partial charge in [-0.1, -0.05) is 35.1 Å². The molecule has 1 aliphatic heterocycles. The van der Waals surface area contributed by atoms with Crippen molar-refractivity contribution in [2.75, 3.05) is 12.0 Å². The van der Waals surface area contributed by atoms with E-state index in [0.717, 1.165) is 11.3 Å². The number of aliphatic hydroxyl groups is 1. The average molecular weight is 495 g/mol. The van der Waals surface area contributed by atoms with Gasteiger partial charge in [0.2, 0.25) is 0 Å². The van der Waals surface area contributed by atoms with Gasteiger partial charge < -0.3 is 9.84 Å². The number of aromatic nitrogens is 1. The molecule has 6 nitrogen and oxygen atoms in total. The number of nitrogens with zero attached hydrogens (tertiary/aromatic N) is 2. The Morgan fingerprint density at radius 3 is 2.47 bits per heavy atom. The van der Waals surface area contributed by atoms with Gasteiger partial charge in [0.1, 0.15) is 17.3 Å². The predicted molar refractivity (Wildman–Crippen MR) is 129 cm³/mol. The van der Waals surface area contributed by atoms with E-state index in [1.165, 1.54) is 30.2 Å². The van der Waals surface area contributed by atoms with E-state index in [2.05, 4.69) is 4.98 Å². The van der Waals surface area contributed by atoms with Gasteiger partial charge in [-0.2, -0.15) is 0 Å². The van der Waals surface area contributed by atoms with Crippen molar-refractivity contribution in [3.8, 4) is 5.75 Å². The van der Waals surface area contributed by atoms with E-state index < -0.39 is 23.5 Å². The molecule has 1 aromatic heterocycles. The molecule has 34 heavy (non-hydrogen) atoms. The predicted octanol–water partition coefficient (Wildman–Crippen LogP) is 5.72. The molecule has 4 aromatic rings. The number of anilines is 1. The van der Waals surface area contributed by atoms with E-state index >= 15 is 0 Å². The molecule has 1 saturated heterocycles. The third kappa shape index (κ3) is 3.70. The van der Waals surface area contributed by atoms with Gasteiger partial charge in [-0.05, 0) is 60.2 Å². The van der Waals surface area contributed by atoms with E-state index in [0.29, 0.717) is 32.1 Å². The first-order valence-electron chi connectivity index (χ1n) is 10.1. The first-order valence-corrected chi connectivity index (χ1v) is 11.3. The number of halogens is 2. The Balaban J connectivity index is 1.71. The van der Waals surface area contributed by atoms with Gasteiger partial charge in [-0.25, -0.2) is 9.37 Å². The van der Waals surface area contributed by atoms with Crippen molar-refractivity contribution in [3.63, 3.8) is 0 Å². The number of methoxy groups -OCH3 is 1. The zero-order valence-corrected chi connectivity index (χ0v) is 19.2. The summed E-state index contributed by atoms with van der Waals surface area (Å²) in [6, 6.07) is 16.3. The fourth-order valence-electron chi connectivity index (χ4n) is 3.88. The van der Waals surface area contributed by atoms with Crippen LogP contribution in [0.3, 0.4) is 0 Å². The van der Waals surface area contributed by atoms with Gasteiger partial charge in [0, 0.05) is 10.6 Å². The minimum absolute atomic E-state index is 0.0806. The van der Waals surface area contributed by atoms with Gasteiger partial charge in [-0.3, -0.25) is 14.5 Å². The molecule has 1 aliphatic rings. The van der Waals surface area contributed by atoms with Crippen LogP contribution in [0.4, 0.5) is 9.52 Å². The molecule has 5 rings (SSSR count). The van der Waals surface area contributed by atoms with Gasteiger partial charge in [0.25, 0.3) is 5.78 Å². The maximum absolute atomic E-state index is 13.7. The molecule has 170 valence electrons. The molecule has 0 bridgehead atoms. The van der Waals surface area contributed by atoms with Crippen molar-refractivity contribution in [1.82, 2.24) is 4.98 Å². The molecular weight excluding hydrogens is 479 g/mol. The zero-order chi connectivity index (χ0) is 24.0. The minimum atomic E-state index is -0.954. The van der Waals surface area contributed by atoms with Crippen LogP contribution in [0.1, 0.15) is 17.2 Å². The quantitative estimate of drug-likeness (QED) is 0.223. The third-order valence-electron chi connectivity index (χ3n) is 5.54. The number of thiazole rings is 1. The van der Waals surface area contributed by atoms with E-state index in [1.54, 1.807) is 48.5 Å². The van der Waals surface area contributed by atoms with Crippen molar-refractivity contribution in [2.45, 2.75) is 6.04 Å². The number of carbonyl (C=O) groups excluding carboxylic acids is 2. The Kier molecular flexibility index (Phi) is 5.55. The molecule has 0 unspecified atom stereocenters.